The molecular formula is C23H26N+. The number of benzene rings is 2. The Morgan fingerprint density at radius 2 is 1.46 bits per heavy atom. The van der Waals surface area contributed by atoms with E-state index < -0.39 is 0 Å². The van der Waals surface area contributed by atoms with E-state index in [-0.39, 0.29) is 5.41 Å². The molecular weight excluding hydrogens is 290 g/mol. The van der Waals surface area contributed by atoms with Crippen LogP contribution in [0, 0.1) is 6.92 Å². The second-order valence-corrected chi connectivity index (χ2v) is 7.55. The number of aromatic nitrogens is 1. The molecule has 0 atom stereocenters. The van der Waals surface area contributed by atoms with Crippen molar-refractivity contribution in [3.05, 3.63) is 78.0 Å². The Morgan fingerprint density at radius 1 is 0.792 bits per heavy atom. The highest BCUT2D eigenvalue weighted by Crippen LogP contribution is 2.28. The van der Waals surface area contributed by atoms with E-state index >= 15 is 0 Å². The van der Waals surface area contributed by atoms with Gasteiger partial charge in [-0.2, -0.15) is 0 Å². The van der Waals surface area contributed by atoms with E-state index in [9.17, 15) is 0 Å². The van der Waals surface area contributed by atoms with E-state index in [0.29, 0.717) is 0 Å². The molecule has 122 valence electrons. The molecule has 1 nitrogen and oxygen atoms in total. The smallest absolute Gasteiger partial charge is 0.201 e. The number of rotatable bonds is 2. The minimum absolute atomic E-state index is 0.188. The molecule has 0 aliphatic rings. The van der Waals surface area contributed by atoms with Crippen molar-refractivity contribution in [1.82, 2.24) is 0 Å². The summed E-state index contributed by atoms with van der Waals surface area (Å²) in [4.78, 5) is 0. The number of nitrogens with zero attached hydrogens (tertiary/aromatic N) is 1. The van der Waals surface area contributed by atoms with Gasteiger partial charge in [0.2, 0.25) is 5.69 Å². The van der Waals surface area contributed by atoms with Crippen LogP contribution in [0.4, 0.5) is 0 Å². The molecule has 1 heterocycles. The Kier molecular flexibility index (Phi) is 4.28. The molecule has 2 aromatic carbocycles. The van der Waals surface area contributed by atoms with Crippen molar-refractivity contribution in [3.63, 3.8) is 0 Å². The molecule has 0 spiro atoms. The van der Waals surface area contributed by atoms with Crippen LogP contribution in [0.15, 0.2) is 66.9 Å². The van der Waals surface area contributed by atoms with Crippen LogP contribution in [0.25, 0.3) is 22.4 Å². The van der Waals surface area contributed by atoms with Gasteiger partial charge in [-0.15, -0.1) is 0 Å². The third kappa shape index (κ3) is 3.26. The number of aryl methyl sites for hydroxylation is 2. The molecule has 0 fully saturated rings. The van der Waals surface area contributed by atoms with Gasteiger partial charge in [-0.1, -0.05) is 63.2 Å². The zero-order valence-corrected chi connectivity index (χ0v) is 15.3. The Bertz CT molecular complexity index is 852. The van der Waals surface area contributed by atoms with Crippen molar-refractivity contribution in [3.8, 4) is 22.4 Å². The van der Waals surface area contributed by atoms with Crippen LogP contribution in [-0.4, -0.2) is 0 Å². The third-order valence-corrected chi connectivity index (χ3v) is 4.66. The minimum atomic E-state index is 0.188. The predicted molar refractivity (Wildman–Crippen MR) is 102 cm³/mol. The van der Waals surface area contributed by atoms with E-state index in [1.165, 1.54) is 33.5 Å². The number of hydrogen-bond donors (Lipinski definition) is 0. The summed E-state index contributed by atoms with van der Waals surface area (Å²) in [6, 6.07) is 22.0. The molecule has 0 radical (unpaired) electrons. The first-order valence-electron chi connectivity index (χ1n) is 8.53. The standard InChI is InChI=1S/C23H26N/c1-17-8-6-7-9-21(17)22-16-19(14-15-24(22)5)18-10-12-20(13-11-18)23(2,3)4/h6-16H,1-5H3/q+1. The quantitative estimate of drug-likeness (QED) is 0.553. The van der Waals surface area contributed by atoms with E-state index in [1.807, 2.05) is 0 Å². The molecule has 0 saturated carbocycles. The van der Waals surface area contributed by atoms with Crippen LogP contribution in [0.1, 0.15) is 31.9 Å². The molecule has 0 aliphatic carbocycles. The Labute approximate surface area is 145 Å². The third-order valence-electron chi connectivity index (χ3n) is 4.66. The first-order valence-corrected chi connectivity index (χ1v) is 8.53. The zero-order valence-electron chi connectivity index (χ0n) is 15.3. The molecule has 0 bridgehead atoms. The zero-order chi connectivity index (χ0) is 17.3. The summed E-state index contributed by atoms with van der Waals surface area (Å²) in [7, 11) is 2.11. The van der Waals surface area contributed by atoms with Crippen LogP contribution in [0.3, 0.4) is 0 Å². The molecule has 0 amide bonds. The highest BCUT2D eigenvalue weighted by atomic mass is 14.9. The van der Waals surface area contributed by atoms with Gasteiger partial charge in [0, 0.05) is 17.7 Å². The van der Waals surface area contributed by atoms with Gasteiger partial charge in [0.15, 0.2) is 6.20 Å². The van der Waals surface area contributed by atoms with Crippen LogP contribution in [0.5, 0.6) is 0 Å². The van der Waals surface area contributed by atoms with Crippen LogP contribution < -0.4 is 4.57 Å². The van der Waals surface area contributed by atoms with Crippen molar-refractivity contribution >= 4 is 0 Å². The second-order valence-electron chi connectivity index (χ2n) is 7.55. The largest absolute Gasteiger partial charge is 0.213 e. The van der Waals surface area contributed by atoms with Gasteiger partial charge in [-0.3, -0.25) is 0 Å². The normalized spacial score (nSPS) is 11.5. The van der Waals surface area contributed by atoms with Gasteiger partial charge in [0.1, 0.15) is 7.05 Å². The average molecular weight is 316 g/mol. The van der Waals surface area contributed by atoms with Gasteiger partial charge >= 0.3 is 0 Å². The first kappa shape index (κ1) is 16.4. The van der Waals surface area contributed by atoms with Crippen molar-refractivity contribution in [1.29, 1.82) is 0 Å². The van der Waals surface area contributed by atoms with Crippen LogP contribution >= 0.6 is 0 Å². The maximum atomic E-state index is 2.29. The lowest BCUT2D eigenvalue weighted by atomic mass is 9.86. The van der Waals surface area contributed by atoms with Gasteiger partial charge < -0.3 is 0 Å². The van der Waals surface area contributed by atoms with Crippen molar-refractivity contribution < 1.29 is 4.57 Å². The lowest BCUT2D eigenvalue weighted by Crippen LogP contribution is -2.30. The first-order chi connectivity index (χ1) is 11.4. The average Bonchev–Trinajstić information content (AvgIpc) is 2.55. The summed E-state index contributed by atoms with van der Waals surface area (Å²) in [5.74, 6) is 0. The van der Waals surface area contributed by atoms with Crippen LogP contribution in [-0.2, 0) is 12.5 Å². The topological polar surface area (TPSA) is 3.88 Å². The summed E-state index contributed by atoms with van der Waals surface area (Å²) in [6.07, 6.45) is 2.15. The molecule has 1 aromatic heterocycles. The van der Waals surface area contributed by atoms with Crippen molar-refractivity contribution in [2.24, 2.45) is 7.05 Å². The minimum Gasteiger partial charge on any atom is -0.201 e. The molecule has 3 aromatic rings. The highest BCUT2D eigenvalue weighted by molar-refractivity contribution is 5.70. The molecule has 0 unspecified atom stereocenters. The fourth-order valence-electron chi connectivity index (χ4n) is 3.04. The van der Waals surface area contributed by atoms with E-state index in [2.05, 4.69) is 106 Å². The summed E-state index contributed by atoms with van der Waals surface area (Å²) in [5.41, 5.74) is 7.90. The summed E-state index contributed by atoms with van der Waals surface area (Å²) in [5, 5.41) is 0. The fraction of sp³-hybridized carbons (Fsp3) is 0.261. The van der Waals surface area contributed by atoms with E-state index in [1.54, 1.807) is 0 Å². The molecule has 1 heteroatoms. The molecule has 24 heavy (non-hydrogen) atoms. The summed E-state index contributed by atoms with van der Waals surface area (Å²) in [6.45, 7) is 8.92. The maximum Gasteiger partial charge on any atom is 0.213 e. The molecule has 0 aliphatic heterocycles. The Balaban J connectivity index is 2.05. The van der Waals surface area contributed by atoms with Crippen LogP contribution in [0.2, 0.25) is 0 Å². The van der Waals surface area contributed by atoms with E-state index in [0.717, 1.165) is 0 Å². The molecule has 0 saturated heterocycles. The van der Waals surface area contributed by atoms with Crippen molar-refractivity contribution in [2.75, 3.05) is 0 Å². The summed E-state index contributed by atoms with van der Waals surface area (Å²) >= 11 is 0. The van der Waals surface area contributed by atoms with Crippen molar-refractivity contribution in [2.45, 2.75) is 33.1 Å². The second kappa shape index (κ2) is 6.24. The Morgan fingerprint density at radius 3 is 2.08 bits per heavy atom. The van der Waals surface area contributed by atoms with Gasteiger partial charge in [-0.05, 0) is 40.7 Å². The highest BCUT2D eigenvalue weighted by Gasteiger charge is 2.15. The maximum absolute atomic E-state index is 2.29. The lowest BCUT2D eigenvalue weighted by molar-refractivity contribution is -0.660. The fourth-order valence-corrected chi connectivity index (χ4v) is 3.04. The molecule has 0 N–H and O–H groups in total. The Hall–Kier alpha value is -2.41. The molecule has 3 rings (SSSR count). The SMILES string of the molecule is Cc1ccccc1-c1cc(-c2ccc(C(C)(C)C)cc2)cc[n+]1C. The summed E-state index contributed by atoms with van der Waals surface area (Å²) < 4.78 is 2.19. The van der Waals surface area contributed by atoms with E-state index in [4.69, 9.17) is 0 Å². The van der Waals surface area contributed by atoms with Gasteiger partial charge in [-0.25, -0.2) is 4.57 Å². The predicted octanol–water partition coefficient (Wildman–Crippen LogP) is 5.45. The number of pyridine rings is 1. The van der Waals surface area contributed by atoms with Gasteiger partial charge in [0.25, 0.3) is 0 Å². The number of hydrogen-bond acceptors (Lipinski definition) is 0. The lowest BCUT2D eigenvalue weighted by Gasteiger charge is -2.19. The van der Waals surface area contributed by atoms with Gasteiger partial charge in [0.05, 0.1) is 0 Å². The monoisotopic (exact) mass is 316 g/mol.